The fourth-order valence-electron chi connectivity index (χ4n) is 3.24. The first-order valence-corrected chi connectivity index (χ1v) is 8.51. The Labute approximate surface area is 155 Å². The number of nitrogens with zero attached hydrogens (tertiary/aromatic N) is 4. The maximum atomic E-state index is 13.0. The molecule has 0 fully saturated rings. The summed E-state index contributed by atoms with van der Waals surface area (Å²) in [4.78, 5) is 12.0. The van der Waals surface area contributed by atoms with Gasteiger partial charge >= 0.3 is 12.4 Å². The molecule has 6 nitrogen and oxygen atoms in total. The normalized spacial score (nSPS) is 14.4. The molecule has 2 aromatic rings. The third kappa shape index (κ3) is 4.14. The summed E-state index contributed by atoms with van der Waals surface area (Å²) < 4.78 is 79.2. The number of hydrogen-bond acceptors (Lipinski definition) is 3. The van der Waals surface area contributed by atoms with Crippen LogP contribution in [0.4, 0.5) is 26.3 Å². The molecule has 0 unspecified atom stereocenters. The number of carbonyl (C=O) groups excluding carboxylic acids is 1. The van der Waals surface area contributed by atoms with Gasteiger partial charge in [0.15, 0.2) is 11.4 Å². The van der Waals surface area contributed by atoms with Gasteiger partial charge in [0.1, 0.15) is 6.54 Å². The summed E-state index contributed by atoms with van der Waals surface area (Å²) in [5, 5.41) is 9.45. The molecule has 28 heavy (non-hydrogen) atoms. The van der Waals surface area contributed by atoms with Crippen molar-refractivity contribution >= 4 is 5.91 Å². The van der Waals surface area contributed by atoms with Crippen molar-refractivity contribution in [2.45, 2.75) is 51.6 Å². The first kappa shape index (κ1) is 20.2. The second-order valence-electron chi connectivity index (χ2n) is 6.52. The number of aryl methyl sites for hydroxylation is 1. The molecular formula is C16H17F6N5O. The second-order valence-corrected chi connectivity index (χ2v) is 6.52. The standard InChI is InChI=1S/C16H17F6N5O/c1-9-7-12(15(17,18)19)24-26(9)6-5-23-13(28)8-27-11-4-2-3-10(11)14(25-27)16(20,21)22/h7H,2-6,8H2,1H3,(H,23,28). The number of aromatic nitrogens is 4. The van der Waals surface area contributed by atoms with Crippen LogP contribution in [0.2, 0.25) is 0 Å². The maximum Gasteiger partial charge on any atom is 0.435 e. The summed E-state index contributed by atoms with van der Waals surface area (Å²) in [5.74, 6) is -0.577. The van der Waals surface area contributed by atoms with Gasteiger partial charge in [0.25, 0.3) is 0 Å². The van der Waals surface area contributed by atoms with Crippen molar-refractivity contribution in [2.75, 3.05) is 6.54 Å². The van der Waals surface area contributed by atoms with Crippen molar-refractivity contribution in [1.82, 2.24) is 24.9 Å². The lowest BCUT2D eigenvalue weighted by molar-refractivity contribution is -0.142. The topological polar surface area (TPSA) is 64.7 Å². The van der Waals surface area contributed by atoms with E-state index in [2.05, 4.69) is 15.5 Å². The van der Waals surface area contributed by atoms with Crippen LogP contribution in [0.1, 0.15) is 34.8 Å². The Bertz CT molecular complexity index is 879. The van der Waals surface area contributed by atoms with Gasteiger partial charge in [-0.25, -0.2) is 0 Å². The highest BCUT2D eigenvalue weighted by Crippen LogP contribution is 2.36. The van der Waals surface area contributed by atoms with Gasteiger partial charge in [-0.05, 0) is 32.3 Å². The van der Waals surface area contributed by atoms with E-state index in [1.807, 2.05) is 0 Å². The minimum Gasteiger partial charge on any atom is -0.353 e. The highest BCUT2D eigenvalue weighted by molar-refractivity contribution is 5.75. The van der Waals surface area contributed by atoms with Gasteiger partial charge in [0, 0.05) is 23.5 Å². The van der Waals surface area contributed by atoms with Crippen LogP contribution >= 0.6 is 0 Å². The monoisotopic (exact) mass is 409 g/mol. The first-order valence-electron chi connectivity index (χ1n) is 8.51. The quantitative estimate of drug-likeness (QED) is 0.773. The Morgan fingerprint density at radius 3 is 2.43 bits per heavy atom. The number of amides is 1. The van der Waals surface area contributed by atoms with Crippen molar-refractivity contribution in [2.24, 2.45) is 0 Å². The van der Waals surface area contributed by atoms with Gasteiger partial charge in [0.05, 0.1) is 6.54 Å². The van der Waals surface area contributed by atoms with Gasteiger partial charge in [0.2, 0.25) is 5.91 Å². The average Bonchev–Trinajstić information content (AvgIpc) is 3.23. The number of alkyl halides is 6. The van der Waals surface area contributed by atoms with Crippen LogP contribution in [-0.2, 0) is 43.1 Å². The van der Waals surface area contributed by atoms with E-state index in [4.69, 9.17) is 0 Å². The van der Waals surface area contributed by atoms with E-state index >= 15 is 0 Å². The van der Waals surface area contributed by atoms with Crippen LogP contribution < -0.4 is 5.32 Å². The molecule has 0 radical (unpaired) electrons. The van der Waals surface area contributed by atoms with Crippen LogP contribution in [0.5, 0.6) is 0 Å². The minimum atomic E-state index is -4.58. The first-order chi connectivity index (χ1) is 13.0. The number of fused-ring (bicyclic) bond motifs is 1. The fourth-order valence-corrected chi connectivity index (χ4v) is 3.24. The highest BCUT2D eigenvalue weighted by atomic mass is 19.4. The molecule has 1 aliphatic carbocycles. The second kappa shape index (κ2) is 7.13. The summed E-state index contributed by atoms with van der Waals surface area (Å²) in [6, 6.07) is 0.896. The lowest BCUT2D eigenvalue weighted by Gasteiger charge is -2.09. The summed E-state index contributed by atoms with van der Waals surface area (Å²) in [5.41, 5.74) is -1.17. The van der Waals surface area contributed by atoms with Gasteiger partial charge in [-0.2, -0.15) is 36.5 Å². The molecule has 0 aromatic carbocycles. The average molecular weight is 409 g/mol. The van der Waals surface area contributed by atoms with E-state index in [9.17, 15) is 31.1 Å². The van der Waals surface area contributed by atoms with Gasteiger partial charge in [-0.1, -0.05) is 0 Å². The van der Waals surface area contributed by atoms with Crippen molar-refractivity contribution in [3.8, 4) is 0 Å². The SMILES string of the molecule is Cc1cc(C(F)(F)F)nn1CCNC(=O)Cn1nc(C(F)(F)F)c2c1CCC2. The zero-order valence-electron chi connectivity index (χ0n) is 14.8. The summed E-state index contributed by atoms with van der Waals surface area (Å²) >= 11 is 0. The number of nitrogens with one attached hydrogen (secondary N) is 1. The molecule has 3 rings (SSSR count). The molecular weight excluding hydrogens is 392 g/mol. The molecule has 0 saturated carbocycles. The minimum absolute atomic E-state index is 0.00132. The molecule has 2 heterocycles. The van der Waals surface area contributed by atoms with Gasteiger partial charge in [-0.15, -0.1) is 0 Å². The smallest absolute Gasteiger partial charge is 0.353 e. The Balaban J connectivity index is 1.60. The van der Waals surface area contributed by atoms with E-state index in [0.717, 1.165) is 15.4 Å². The van der Waals surface area contributed by atoms with E-state index < -0.39 is 29.6 Å². The van der Waals surface area contributed by atoms with Crippen LogP contribution in [0.3, 0.4) is 0 Å². The summed E-state index contributed by atoms with van der Waals surface area (Å²) in [6.07, 6.45) is -7.89. The largest absolute Gasteiger partial charge is 0.435 e. The molecule has 0 atom stereocenters. The lowest BCUT2D eigenvalue weighted by Crippen LogP contribution is -2.31. The van der Waals surface area contributed by atoms with Crippen LogP contribution in [0.25, 0.3) is 0 Å². The predicted molar refractivity (Wildman–Crippen MR) is 84.2 cm³/mol. The van der Waals surface area contributed by atoms with E-state index in [0.29, 0.717) is 18.5 Å². The van der Waals surface area contributed by atoms with Crippen LogP contribution in [-0.4, -0.2) is 32.0 Å². The zero-order valence-corrected chi connectivity index (χ0v) is 14.8. The van der Waals surface area contributed by atoms with Crippen molar-refractivity contribution < 1.29 is 31.1 Å². The predicted octanol–water partition coefficient (Wildman–Crippen LogP) is 2.73. The van der Waals surface area contributed by atoms with E-state index in [1.54, 1.807) is 0 Å². The Morgan fingerprint density at radius 2 is 1.82 bits per heavy atom. The van der Waals surface area contributed by atoms with Crippen LogP contribution in [0.15, 0.2) is 6.07 Å². The molecule has 1 aliphatic rings. The molecule has 0 spiro atoms. The highest BCUT2D eigenvalue weighted by Gasteiger charge is 2.40. The van der Waals surface area contributed by atoms with Crippen molar-refractivity contribution in [3.05, 3.63) is 34.4 Å². The molecule has 154 valence electrons. The van der Waals surface area contributed by atoms with Crippen molar-refractivity contribution in [3.63, 3.8) is 0 Å². The maximum absolute atomic E-state index is 13.0. The van der Waals surface area contributed by atoms with Crippen molar-refractivity contribution in [1.29, 1.82) is 0 Å². The van der Waals surface area contributed by atoms with Crippen LogP contribution in [0, 0.1) is 6.92 Å². The number of rotatable bonds is 5. The molecule has 1 amide bonds. The number of halogens is 6. The summed E-state index contributed by atoms with van der Waals surface area (Å²) in [7, 11) is 0. The fraction of sp³-hybridized carbons (Fsp3) is 0.562. The Kier molecular flexibility index (Phi) is 5.15. The molecule has 1 N–H and O–H groups in total. The third-order valence-electron chi connectivity index (χ3n) is 4.49. The Hall–Kier alpha value is -2.53. The van der Waals surface area contributed by atoms with Gasteiger partial charge in [-0.3, -0.25) is 14.2 Å². The Morgan fingerprint density at radius 1 is 1.11 bits per heavy atom. The third-order valence-corrected chi connectivity index (χ3v) is 4.49. The molecule has 0 saturated heterocycles. The number of carbonyl (C=O) groups is 1. The molecule has 0 bridgehead atoms. The number of hydrogen-bond donors (Lipinski definition) is 1. The zero-order chi connectivity index (χ0) is 20.7. The summed E-state index contributed by atoms with van der Waals surface area (Å²) in [6.45, 7) is 1.05. The molecule has 2 aromatic heterocycles. The molecule has 12 heteroatoms. The lowest BCUT2D eigenvalue weighted by atomic mass is 10.2. The van der Waals surface area contributed by atoms with E-state index in [1.165, 1.54) is 6.92 Å². The molecule has 0 aliphatic heterocycles. The van der Waals surface area contributed by atoms with Gasteiger partial charge < -0.3 is 5.32 Å². The van der Waals surface area contributed by atoms with E-state index in [-0.39, 0.29) is 37.3 Å².